The quantitative estimate of drug-likeness (QED) is 0.706. The molecule has 0 saturated carbocycles. The molecule has 1 aromatic heterocycles. The topological polar surface area (TPSA) is 67.4 Å². The van der Waals surface area contributed by atoms with Crippen LogP contribution in [0.4, 0.5) is 0 Å². The van der Waals surface area contributed by atoms with E-state index in [4.69, 9.17) is 4.74 Å². The zero-order chi connectivity index (χ0) is 13.6. The number of methoxy groups -OCH3 is 1. The van der Waals surface area contributed by atoms with Gasteiger partial charge in [-0.25, -0.2) is 13.1 Å². The average molecular weight is 292 g/mol. The van der Waals surface area contributed by atoms with Crippen molar-refractivity contribution in [2.75, 3.05) is 20.3 Å². The van der Waals surface area contributed by atoms with Crippen LogP contribution in [0.3, 0.4) is 0 Å². The molecule has 0 aliphatic rings. The summed E-state index contributed by atoms with van der Waals surface area (Å²) < 4.78 is 31.1. The summed E-state index contributed by atoms with van der Waals surface area (Å²) in [7, 11) is -1.86. The summed E-state index contributed by atoms with van der Waals surface area (Å²) in [5, 5.41) is 4.91. The molecule has 0 unspecified atom stereocenters. The van der Waals surface area contributed by atoms with Crippen LogP contribution in [0.5, 0.6) is 0 Å². The summed E-state index contributed by atoms with van der Waals surface area (Å²) >= 11 is 1.44. The van der Waals surface area contributed by atoms with Gasteiger partial charge in [0, 0.05) is 36.5 Å². The second-order valence-corrected chi connectivity index (χ2v) is 6.94. The van der Waals surface area contributed by atoms with Crippen LogP contribution in [-0.4, -0.2) is 34.7 Å². The van der Waals surface area contributed by atoms with Crippen LogP contribution in [0, 0.1) is 0 Å². The fourth-order valence-electron chi connectivity index (χ4n) is 1.26. The minimum atomic E-state index is -3.40. The molecule has 0 atom stereocenters. The highest BCUT2D eigenvalue weighted by atomic mass is 32.2. The van der Waals surface area contributed by atoms with E-state index in [1.54, 1.807) is 11.4 Å². The SMILES string of the molecule is COCCNS(=O)(=O)c1csc(CNC(C)C)c1. The molecule has 0 saturated heterocycles. The first-order valence-electron chi connectivity index (χ1n) is 5.75. The van der Waals surface area contributed by atoms with Crippen molar-refractivity contribution < 1.29 is 13.2 Å². The van der Waals surface area contributed by atoms with Gasteiger partial charge in [-0.1, -0.05) is 13.8 Å². The van der Waals surface area contributed by atoms with Gasteiger partial charge in [0.25, 0.3) is 0 Å². The summed E-state index contributed by atoms with van der Waals surface area (Å²) in [4.78, 5) is 1.33. The molecule has 104 valence electrons. The Bertz CT molecular complexity index is 455. The molecular formula is C11H20N2O3S2. The van der Waals surface area contributed by atoms with Crippen molar-refractivity contribution in [3.63, 3.8) is 0 Å². The zero-order valence-corrected chi connectivity index (χ0v) is 12.5. The molecule has 1 heterocycles. The van der Waals surface area contributed by atoms with Gasteiger partial charge in [0.05, 0.1) is 11.5 Å². The lowest BCUT2D eigenvalue weighted by atomic mass is 10.4. The van der Waals surface area contributed by atoms with Crippen LogP contribution in [0.1, 0.15) is 18.7 Å². The van der Waals surface area contributed by atoms with Gasteiger partial charge in [-0.2, -0.15) is 0 Å². The lowest BCUT2D eigenvalue weighted by Crippen LogP contribution is -2.26. The highest BCUT2D eigenvalue weighted by Crippen LogP contribution is 2.19. The van der Waals surface area contributed by atoms with Crippen molar-refractivity contribution in [2.45, 2.75) is 31.3 Å². The predicted molar refractivity (Wildman–Crippen MR) is 73.4 cm³/mol. The maximum Gasteiger partial charge on any atom is 0.241 e. The molecule has 0 amide bonds. The van der Waals surface area contributed by atoms with Crippen LogP contribution < -0.4 is 10.0 Å². The Morgan fingerprint density at radius 1 is 1.44 bits per heavy atom. The van der Waals surface area contributed by atoms with E-state index in [1.807, 2.05) is 0 Å². The minimum absolute atomic E-state index is 0.286. The summed E-state index contributed by atoms with van der Waals surface area (Å²) in [6.07, 6.45) is 0. The highest BCUT2D eigenvalue weighted by molar-refractivity contribution is 7.89. The third kappa shape index (κ3) is 5.03. The molecule has 5 nitrogen and oxygen atoms in total. The van der Waals surface area contributed by atoms with Crippen LogP contribution in [0.25, 0.3) is 0 Å². The van der Waals surface area contributed by atoms with Crippen molar-refractivity contribution >= 4 is 21.4 Å². The number of ether oxygens (including phenoxy) is 1. The number of hydrogen-bond acceptors (Lipinski definition) is 5. The van der Waals surface area contributed by atoms with E-state index in [1.165, 1.54) is 18.4 Å². The van der Waals surface area contributed by atoms with E-state index in [2.05, 4.69) is 23.9 Å². The first-order valence-corrected chi connectivity index (χ1v) is 8.11. The molecule has 0 bridgehead atoms. The van der Waals surface area contributed by atoms with Crippen molar-refractivity contribution in [2.24, 2.45) is 0 Å². The smallest absolute Gasteiger partial charge is 0.241 e. The van der Waals surface area contributed by atoms with Gasteiger partial charge < -0.3 is 10.1 Å². The van der Waals surface area contributed by atoms with Crippen molar-refractivity contribution in [1.82, 2.24) is 10.0 Å². The van der Waals surface area contributed by atoms with E-state index in [9.17, 15) is 8.42 Å². The summed E-state index contributed by atoms with van der Waals surface area (Å²) in [5.74, 6) is 0. The van der Waals surface area contributed by atoms with Gasteiger partial charge in [-0.05, 0) is 6.07 Å². The Hall–Kier alpha value is -0.470. The Labute approximate surface area is 113 Å². The standard InChI is InChI=1S/C11H20N2O3S2/c1-9(2)12-7-10-6-11(8-17-10)18(14,15)13-4-5-16-3/h6,8-9,12-13H,4-5,7H2,1-3H3. The highest BCUT2D eigenvalue weighted by Gasteiger charge is 2.15. The fraction of sp³-hybridized carbons (Fsp3) is 0.636. The van der Waals surface area contributed by atoms with Gasteiger partial charge in [-0.15, -0.1) is 11.3 Å². The molecule has 0 aliphatic carbocycles. The average Bonchev–Trinajstić information content (AvgIpc) is 2.76. The van der Waals surface area contributed by atoms with Gasteiger partial charge in [0.2, 0.25) is 10.0 Å². The van der Waals surface area contributed by atoms with E-state index in [-0.39, 0.29) is 6.54 Å². The molecule has 2 N–H and O–H groups in total. The maximum atomic E-state index is 11.9. The Morgan fingerprint density at radius 2 is 2.17 bits per heavy atom. The summed E-state index contributed by atoms with van der Waals surface area (Å²) in [5.41, 5.74) is 0. The molecule has 0 aliphatic heterocycles. The minimum Gasteiger partial charge on any atom is -0.383 e. The Morgan fingerprint density at radius 3 is 2.78 bits per heavy atom. The van der Waals surface area contributed by atoms with Crippen LogP contribution in [0.2, 0.25) is 0 Å². The van der Waals surface area contributed by atoms with E-state index in [0.717, 1.165) is 4.88 Å². The van der Waals surface area contributed by atoms with E-state index < -0.39 is 10.0 Å². The third-order valence-electron chi connectivity index (χ3n) is 2.22. The number of rotatable bonds is 8. The van der Waals surface area contributed by atoms with Gasteiger partial charge in [0.1, 0.15) is 0 Å². The number of nitrogens with one attached hydrogen (secondary N) is 2. The third-order valence-corrected chi connectivity index (χ3v) is 4.75. The molecule has 7 heteroatoms. The largest absolute Gasteiger partial charge is 0.383 e. The fourth-order valence-corrected chi connectivity index (χ4v) is 3.50. The second-order valence-electron chi connectivity index (χ2n) is 4.17. The number of sulfonamides is 1. The second kappa shape index (κ2) is 7.20. The lowest BCUT2D eigenvalue weighted by Gasteiger charge is -2.05. The van der Waals surface area contributed by atoms with E-state index >= 15 is 0 Å². The normalized spacial score (nSPS) is 12.2. The first-order chi connectivity index (χ1) is 8.45. The number of thiophene rings is 1. The van der Waals surface area contributed by atoms with Crippen molar-refractivity contribution in [3.05, 3.63) is 16.3 Å². The molecule has 0 aromatic carbocycles. The summed E-state index contributed by atoms with van der Waals surface area (Å²) in [6.45, 7) is 5.45. The van der Waals surface area contributed by atoms with Crippen LogP contribution in [-0.2, 0) is 21.3 Å². The Kier molecular flexibility index (Phi) is 6.24. The predicted octanol–water partition coefficient (Wildman–Crippen LogP) is 1.17. The molecule has 0 fully saturated rings. The number of hydrogen-bond donors (Lipinski definition) is 2. The maximum absolute atomic E-state index is 11.9. The molecule has 1 aromatic rings. The van der Waals surface area contributed by atoms with Gasteiger partial charge in [-0.3, -0.25) is 0 Å². The molecule has 1 rings (SSSR count). The Balaban J connectivity index is 2.60. The molecule has 0 spiro atoms. The molecule has 0 radical (unpaired) electrons. The first kappa shape index (κ1) is 15.6. The van der Waals surface area contributed by atoms with Crippen LogP contribution in [0.15, 0.2) is 16.3 Å². The van der Waals surface area contributed by atoms with E-state index in [0.29, 0.717) is 24.1 Å². The molecular weight excluding hydrogens is 272 g/mol. The van der Waals surface area contributed by atoms with Crippen LogP contribution >= 0.6 is 11.3 Å². The molecule has 18 heavy (non-hydrogen) atoms. The summed E-state index contributed by atoms with van der Waals surface area (Å²) in [6, 6.07) is 2.09. The van der Waals surface area contributed by atoms with Crippen molar-refractivity contribution in [1.29, 1.82) is 0 Å². The lowest BCUT2D eigenvalue weighted by molar-refractivity contribution is 0.204. The van der Waals surface area contributed by atoms with Gasteiger partial charge >= 0.3 is 0 Å². The van der Waals surface area contributed by atoms with Crippen molar-refractivity contribution in [3.8, 4) is 0 Å². The monoisotopic (exact) mass is 292 g/mol. The zero-order valence-electron chi connectivity index (χ0n) is 10.9. The van der Waals surface area contributed by atoms with Gasteiger partial charge in [0.15, 0.2) is 0 Å².